The van der Waals surface area contributed by atoms with Crippen LogP contribution in [0, 0.1) is 6.92 Å². The van der Waals surface area contributed by atoms with Gasteiger partial charge in [0.05, 0.1) is 22.6 Å². The van der Waals surface area contributed by atoms with Gasteiger partial charge < -0.3 is 15.5 Å². The molecule has 0 unspecified atom stereocenters. The van der Waals surface area contributed by atoms with Crippen LogP contribution >= 0.6 is 0 Å². The average molecular weight is 404 g/mol. The summed E-state index contributed by atoms with van der Waals surface area (Å²) in [6.45, 7) is -4.54. The highest BCUT2D eigenvalue weighted by molar-refractivity contribution is 5.89. The van der Waals surface area contributed by atoms with Crippen molar-refractivity contribution >= 4 is 5.97 Å². The quantitative estimate of drug-likeness (QED) is 0.488. The van der Waals surface area contributed by atoms with E-state index in [9.17, 15) is 15.0 Å². The molecule has 3 aromatic carbocycles. The standard InChI is InChI=1S/C25H27NO3/c1-18-6-2-11-22(14-18)24(27)17-26-13-5-8-19-7-3-9-20(15-19)21-10-4-12-23(16-21)25(28)29/h2-4,6-7,9-12,14-16,24,26-27H,5,8,13,17H2,1H3,(H,28,29)/t24-/m0/s1/i3D,4D,5D2,7D,9D,10D,12D,13D2,15D,16D,17D2. The van der Waals surface area contributed by atoms with E-state index < -0.39 is 108 Å². The van der Waals surface area contributed by atoms with Crippen molar-refractivity contribution in [2.45, 2.75) is 25.8 Å². The molecule has 0 heterocycles. The van der Waals surface area contributed by atoms with E-state index in [0.29, 0.717) is 5.56 Å². The third kappa shape index (κ3) is 6.01. The first kappa shape index (κ1) is 9.24. The number of aliphatic hydroxyl groups excluding tert-OH is 1. The minimum Gasteiger partial charge on any atom is -0.478 e. The van der Waals surface area contributed by atoms with Gasteiger partial charge in [0.1, 0.15) is 0 Å². The fourth-order valence-corrected chi connectivity index (χ4v) is 2.38. The van der Waals surface area contributed by atoms with Crippen LogP contribution in [0.15, 0.2) is 72.6 Å². The summed E-state index contributed by atoms with van der Waals surface area (Å²) in [5.74, 6) is -1.80. The second kappa shape index (κ2) is 10.0. The third-order valence-electron chi connectivity index (χ3n) is 3.75. The van der Waals surface area contributed by atoms with Crippen LogP contribution in [0.5, 0.6) is 0 Å². The van der Waals surface area contributed by atoms with Gasteiger partial charge in [-0.1, -0.05) is 66.1 Å². The van der Waals surface area contributed by atoms with Crippen LogP contribution < -0.4 is 5.32 Å². The van der Waals surface area contributed by atoms with Gasteiger partial charge in [0.25, 0.3) is 0 Å². The molecule has 29 heavy (non-hydrogen) atoms. The molecule has 0 amide bonds. The summed E-state index contributed by atoms with van der Waals surface area (Å²) >= 11 is 0. The van der Waals surface area contributed by atoms with Crippen LogP contribution in [0.1, 0.15) is 58.7 Å². The molecule has 0 radical (unpaired) electrons. The number of aromatic carboxylic acids is 1. The van der Waals surface area contributed by atoms with Gasteiger partial charge in [-0.15, -0.1) is 0 Å². The summed E-state index contributed by atoms with van der Waals surface area (Å²) in [4.78, 5) is 11.7. The maximum atomic E-state index is 11.7. The van der Waals surface area contributed by atoms with Crippen molar-refractivity contribution < 1.29 is 34.2 Å². The first-order chi connectivity index (χ1) is 19.6. The summed E-state index contributed by atoms with van der Waals surface area (Å²) in [7, 11) is 0. The number of carbonyl (C=O) groups is 1. The van der Waals surface area contributed by atoms with Crippen molar-refractivity contribution in [3.8, 4) is 11.1 Å². The van der Waals surface area contributed by atoms with Crippen molar-refractivity contribution in [3.63, 3.8) is 0 Å². The Morgan fingerprint density at radius 1 is 1.17 bits per heavy atom. The Hall–Kier alpha value is -2.95. The Morgan fingerprint density at radius 2 is 1.93 bits per heavy atom. The minimum absolute atomic E-state index is 0.0795. The normalized spacial score (nSPS) is 20.3. The number of carboxylic acids is 1. The van der Waals surface area contributed by atoms with Gasteiger partial charge in [0.2, 0.25) is 0 Å². The van der Waals surface area contributed by atoms with E-state index in [0.717, 1.165) is 0 Å². The summed E-state index contributed by atoms with van der Waals surface area (Å²) in [5, 5.41) is 22.0. The largest absolute Gasteiger partial charge is 0.478 e. The highest BCUT2D eigenvalue weighted by atomic mass is 16.4. The molecule has 3 aromatic rings. The molecule has 0 aromatic heterocycles. The lowest BCUT2D eigenvalue weighted by molar-refractivity contribution is 0.0697. The Kier molecular flexibility index (Phi) is 3.19. The second-order valence-electron chi connectivity index (χ2n) is 5.97. The van der Waals surface area contributed by atoms with Crippen molar-refractivity contribution in [2.24, 2.45) is 0 Å². The van der Waals surface area contributed by atoms with Crippen LogP contribution in [0.4, 0.5) is 0 Å². The van der Waals surface area contributed by atoms with E-state index in [4.69, 9.17) is 19.2 Å². The number of hydrogen-bond acceptors (Lipinski definition) is 3. The molecule has 0 aliphatic carbocycles. The molecule has 0 saturated heterocycles. The molecule has 0 bridgehead atoms. The van der Waals surface area contributed by atoms with Crippen LogP contribution in [0.2, 0.25) is 0 Å². The number of carboxylic acid groups (broad SMARTS) is 1. The van der Waals surface area contributed by atoms with Crippen LogP contribution in [0.3, 0.4) is 0 Å². The summed E-state index contributed by atoms with van der Waals surface area (Å²) in [5.41, 5.74) is -2.46. The zero-order chi connectivity index (χ0) is 33.0. The molecule has 0 aliphatic heterocycles. The molecule has 0 spiro atoms. The van der Waals surface area contributed by atoms with E-state index in [1.807, 2.05) is 5.32 Å². The molecular formula is C25H27NO3. The SMILES string of the molecule is [2H]c1c([2H])c(CC([2H])([2H])C([2H])([2H])NC([2H])([2H])[C@H](O)c2cccc(C)c2)c([2H])c(-c2c([2H])c([2H])c([2H])c(C(=O)O)c2[2H])c1[2H]. The summed E-state index contributed by atoms with van der Waals surface area (Å²) in [6, 6.07) is -1.38. The highest BCUT2D eigenvalue weighted by Crippen LogP contribution is 2.22. The lowest BCUT2D eigenvalue weighted by Crippen LogP contribution is -2.22. The first-order valence-corrected chi connectivity index (χ1v) is 8.54. The summed E-state index contributed by atoms with van der Waals surface area (Å²) in [6.07, 6.45) is -6.27. The van der Waals surface area contributed by atoms with E-state index in [1.165, 1.54) is 12.1 Å². The lowest BCUT2D eigenvalue weighted by Gasteiger charge is -2.13. The van der Waals surface area contributed by atoms with Crippen molar-refractivity contribution in [3.05, 3.63) is 94.9 Å². The maximum absolute atomic E-state index is 11.7. The van der Waals surface area contributed by atoms with Crippen molar-refractivity contribution in [2.75, 3.05) is 13.0 Å². The Bertz CT molecular complexity index is 1610. The monoisotopic (exact) mass is 403 g/mol. The molecule has 3 rings (SSSR count). The van der Waals surface area contributed by atoms with E-state index in [1.54, 1.807) is 19.1 Å². The molecule has 3 N–H and O–H groups in total. The maximum Gasteiger partial charge on any atom is 0.335 e. The average Bonchev–Trinajstić information content (AvgIpc) is 2.89. The summed E-state index contributed by atoms with van der Waals surface area (Å²) < 4.78 is 116. The van der Waals surface area contributed by atoms with Crippen molar-refractivity contribution in [1.82, 2.24) is 5.32 Å². The number of aryl methyl sites for hydroxylation is 1. The molecule has 0 fully saturated rings. The van der Waals surface area contributed by atoms with Crippen LogP contribution in [-0.2, 0) is 6.42 Å². The molecule has 1 atom stereocenters. The fraction of sp³-hybridized carbons (Fsp3) is 0.240. The number of aliphatic hydroxyl groups is 1. The van der Waals surface area contributed by atoms with Crippen molar-refractivity contribution in [1.29, 1.82) is 0 Å². The Morgan fingerprint density at radius 3 is 2.69 bits per heavy atom. The highest BCUT2D eigenvalue weighted by Gasteiger charge is 2.07. The van der Waals surface area contributed by atoms with E-state index in [-0.39, 0.29) is 5.56 Å². The predicted octanol–water partition coefficient (Wildman–Crippen LogP) is 4.62. The molecule has 150 valence electrons. The Labute approximate surface area is 191 Å². The van der Waals surface area contributed by atoms with Crippen LogP contribution in [0.25, 0.3) is 11.1 Å². The van der Waals surface area contributed by atoms with Crippen LogP contribution in [-0.4, -0.2) is 29.2 Å². The molecule has 4 heteroatoms. The minimum atomic E-state index is -3.29. The van der Waals surface area contributed by atoms with Gasteiger partial charge in [-0.05, 0) is 60.6 Å². The lowest BCUT2D eigenvalue weighted by atomic mass is 9.99. The first-order valence-electron chi connectivity index (χ1n) is 15.5. The Balaban J connectivity index is 2.15. The van der Waals surface area contributed by atoms with Gasteiger partial charge in [-0.3, -0.25) is 0 Å². The predicted molar refractivity (Wildman–Crippen MR) is 116 cm³/mol. The zero-order valence-corrected chi connectivity index (χ0v) is 15.4. The van der Waals surface area contributed by atoms with E-state index in [2.05, 4.69) is 0 Å². The molecule has 0 aliphatic rings. The number of nitrogens with one attached hydrogen (secondary N) is 1. The third-order valence-corrected chi connectivity index (χ3v) is 3.75. The van der Waals surface area contributed by atoms with Gasteiger partial charge in [-0.25, -0.2) is 4.79 Å². The van der Waals surface area contributed by atoms with Gasteiger partial charge in [0, 0.05) is 14.7 Å². The smallest absolute Gasteiger partial charge is 0.335 e. The van der Waals surface area contributed by atoms with Gasteiger partial charge >= 0.3 is 5.97 Å². The topological polar surface area (TPSA) is 69.6 Å². The zero-order valence-electron chi connectivity index (χ0n) is 29.4. The van der Waals surface area contributed by atoms with E-state index >= 15 is 0 Å². The molecule has 0 saturated carbocycles. The number of hydrogen-bond donors (Lipinski definition) is 3. The van der Waals surface area contributed by atoms with Gasteiger partial charge in [-0.2, -0.15) is 0 Å². The number of rotatable bonds is 9. The number of benzene rings is 3. The molecular weight excluding hydrogens is 362 g/mol. The second-order valence-corrected chi connectivity index (χ2v) is 5.97. The molecule has 4 nitrogen and oxygen atoms in total. The van der Waals surface area contributed by atoms with Gasteiger partial charge in [0.15, 0.2) is 0 Å². The fourth-order valence-electron chi connectivity index (χ4n) is 2.38.